The number of rotatable bonds is 8. The van der Waals surface area contributed by atoms with E-state index in [2.05, 4.69) is 4.98 Å². The average Bonchev–Trinajstić information content (AvgIpc) is 3.56. The van der Waals surface area contributed by atoms with E-state index in [1.807, 2.05) is 0 Å². The molecule has 16 heteroatoms. The first kappa shape index (κ1) is 32.0. The Morgan fingerprint density at radius 2 is 1.85 bits per heavy atom. The van der Waals surface area contributed by atoms with Crippen molar-refractivity contribution < 1.29 is 27.2 Å². The zero-order chi connectivity index (χ0) is 32.8. The monoisotopic (exact) mass is 678 g/mol. The van der Waals surface area contributed by atoms with Crippen LogP contribution in [0.1, 0.15) is 43.6 Å². The SMILES string of the molecule is Cn1c2c(c(=O)n(Cc3nc4cc(Cl)ccc4o3)c1=O)N(Cc1ccccc1)C(SC1(CN)CCCCC1)N2OC(=O)C(F)(F)F. The number of hydrogen-bond acceptors (Lipinski definition) is 10. The van der Waals surface area contributed by atoms with Gasteiger partial charge in [0.2, 0.25) is 5.89 Å². The molecule has 46 heavy (non-hydrogen) atoms. The Kier molecular flexibility index (Phi) is 8.59. The largest absolute Gasteiger partial charge is 0.493 e. The van der Waals surface area contributed by atoms with Gasteiger partial charge >= 0.3 is 17.8 Å². The summed E-state index contributed by atoms with van der Waals surface area (Å²) in [5.41, 5.74) is 4.82. The molecular weight excluding hydrogens is 649 g/mol. The van der Waals surface area contributed by atoms with Crippen LogP contribution in [0.4, 0.5) is 24.7 Å². The molecule has 11 nitrogen and oxygen atoms in total. The third kappa shape index (κ3) is 5.98. The number of aromatic nitrogens is 3. The van der Waals surface area contributed by atoms with Crippen LogP contribution in [0.5, 0.6) is 0 Å². The number of thioether (sulfide) groups is 1. The van der Waals surface area contributed by atoms with Gasteiger partial charge < -0.3 is 19.9 Å². The highest BCUT2D eigenvalue weighted by molar-refractivity contribution is 8.01. The van der Waals surface area contributed by atoms with Gasteiger partial charge in [0.05, 0.1) is 0 Å². The zero-order valence-electron chi connectivity index (χ0n) is 24.6. The number of halogens is 4. The molecule has 2 aromatic carbocycles. The standard InChI is InChI=1S/C30H30ClF3N6O5S/c1-37-24-23(25(41)39(27(37)43)16-22-36-20-14-19(31)10-11-21(20)44-22)38(15-18-8-4-2-5-9-18)28(40(24)45-26(42)30(32,33)34)46-29(17-35)12-6-3-7-13-29/h2,4-5,8-11,14,28H,3,6-7,12-13,15-17,35H2,1H3. The van der Waals surface area contributed by atoms with Crippen molar-refractivity contribution >= 4 is 51.9 Å². The molecule has 244 valence electrons. The maximum Gasteiger partial charge on any atom is 0.493 e. The maximum absolute atomic E-state index is 14.3. The summed E-state index contributed by atoms with van der Waals surface area (Å²) in [5, 5.41) is 1.15. The minimum absolute atomic E-state index is 0.0413. The minimum Gasteiger partial charge on any atom is -0.439 e. The number of anilines is 2. The summed E-state index contributed by atoms with van der Waals surface area (Å²) >= 11 is 7.30. The summed E-state index contributed by atoms with van der Waals surface area (Å²) in [6.45, 7) is -0.131. The van der Waals surface area contributed by atoms with Crippen molar-refractivity contribution in [2.45, 2.75) is 61.6 Å². The molecule has 4 aromatic rings. The Bertz CT molecular complexity index is 1890. The van der Waals surface area contributed by atoms with E-state index < -0.39 is 33.6 Å². The first-order chi connectivity index (χ1) is 21.9. The fourth-order valence-corrected chi connectivity index (χ4v) is 7.72. The molecule has 1 unspecified atom stereocenters. The molecule has 2 aliphatic rings. The average molecular weight is 679 g/mol. The van der Waals surface area contributed by atoms with Crippen molar-refractivity contribution in [2.24, 2.45) is 12.8 Å². The van der Waals surface area contributed by atoms with Crippen LogP contribution in [0.15, 0.2) is 62.5 Å². The first-order valence-electron chi connectivity index (χ1n) is 14.6. The predicted molar refractivity (Wildman–Crippen MR) is 168 cm³/mol. The molecule has 1 saturated carbocycles. The van der Waals surface area contributed by atoms with E-state index in [0.29, 0.717) is 29.0 Å². The summed E-state index contributed by atoms with van der Waals surface area (Å²) in [5.74, 6) is -2.73. The number of fused-ring (bicyclic) bond motifs is 2. The summed E-state index contributed by atoms with van der Waals surface area (Å²) < 4.78 is 47.9. The van der Waals surface area contributed by atoms with Crippen LogP contribution in [0.25, 0.3) is 11.1 Å². The van der Waals surface area contributed by atoms with Gasteiger partial charge in [-0.2, -0.15) is 18.2 Å². The third-order valence-corrected chi connectivity index (χ3v) is 10.2. The first-order valence-corrected chi connectivity index (χ1v) is 15.8. The van der Waals surface area contributed by atoms with Gasteiger partial charge in [-0.15, -0.1) is 11.8 Å². The Hall–Kier alpha value is -3.95. The molecule has 1 aliphatic carbocycles. The Balaban J connectivity index is 1.52. The number of hydroxylamine groups is 1. The Morgan fingerprint density at radius 3 is 2.52 bits per heavy atom. The van der Waals surface area contributed by atoms with Crippen molar-refractivity contribution in [3.63, 3.8) is 0 Å². The molecular formula is C30H30ClF3N6O5S. The van der Waals surface area contributed by atoms with Crippen molar-refractivity contribution in [3.8, 4) is 0 Å². The highest BCUT2D eigenvalue weighted by Crippen LogP contribution is 2.49. The molecule has 1 atom stereocenters. The molecule has 0 amide bonds. The lowest BCUT2D eigenvalue weighted by Gasteiger charge is -2.41. The van der Waals surface area contributed by atoms with Gasteiger partial charge in [-0.1, -0.05) is 61.2 Å². The van der Waals surface area contributed by atoms with E-state index in [-0.39, 0.29) is 37.0 Å². The lowest BCUT2D eigenvalue weighted by molar-refractivity contribution is -0.201. The Morgan fingerprint density at radius 1 is 1.13 bits per heavy atom. The van der Waals surface area contributed by atoms with E-state index in [0.717, 1.165) is 39.0 Å². The van der Waals surface area contributed by atoms with Gasteiger partial charge in [-0.3, -0.25) is 9.36 Å². The molecule has 0 spiro atoms. The highest BCUT2D eigenvalue weighted by atomic mass is 35.5. The van der Waals surface area contributed by atoms with E-state index in [1.54, 1.807) is 53.4 Å². The predicted octanol–water partition coefficient (Wildman–Crippen LogP) is 4.92. The third-order valence-electron chi connectivity index (χ3n) is 8.25. The molecule has 2 aromatic heterocycles. The molecule has 0 bridgehead atoms. The van der Waals surface area contributed by atoms with Crippen LogP contribution < -0.4 is 26.9 Å². The second-order valence-corrected chi connectivity index (χ2v) is 13.3. The highest BCUT2D eigenvalue weighted by Gasteiger charge is 2.51. The van der Waals surface area contributed by atoms with Crippen molar-refractivity contribution in [1.82, 2.24) is 14.1 Å². The van der Waals surface area contributed by atoms with Crippen LogP contribution in [-0.2, 0) is 29.8 Å². The second-order valence-electron chi connectivity index (χ2n) is 11.3. The number of carbonyl (C=O) groups excluding carboxylic acids is 1. The van der Waals surface area contributed by atoms with Gasteiger partial charge in [-0.05, 0) is 36.6 Å². The molecule has 0 radical (unpaired) electrons. The fourth-order valence-electron chi connectivity index (χ4n) is 5.94. The lowest BCUT2D eigenvalue weighted by atomic mass is 9.88. The summed E-state index contributed by atoms with van der Waals surface area (Å²) in [4.78, 5) is 51.3. The number of carbonyl (C=O) groups is 1. The smallest absolute Gasteiger partial charge is 0.439 e. The van der Waals surface area contributed by atoms with Crippen molar-refractivity contribution in [3.05, 3.63) is 85.8 Å². The van der Waals surface area contributed by atoms with Gasteiger partial charge in [0, 0.05) is 29.9 Å². The van der Waals surface area contributed by atoms with Gasteiger partial charge in [0.25, 0.3) is 5.56 Å². The molecule has 0 saturated heterocycles. The van der Waals surface area contributed by atoms with Gasteiger partial charge in [-0.25, -0.2) is 19.1 Å². The molecule has 1 aliphatic heterocycles. The number of alkyl halides is 3. The quantitative estimate of drug-likeness (QED) is 0.274. The van der Waals surface area contributed by atoms with E-state index in [1.165, 1.54) is 18.8 Å². The van der Waals surface area contributed by atoms with Crippen LogP contribution >= 0.6 is 23.4 Å². The summed E-state index contributed by atoms with van der Waals surface area (Å²) in [7, 11) is 1.30. The number of oxazole rings is 1. The second kappa shape index (κ2) is 12.3. The molecule has 1 fully saturated rings. The fraction of sp³-hybridized carbons (Fsp3) is 0.400. The minimum atomic E-state index is -5.34. The van der Waals surface area contributed by atoms with E-state index >= 15 is 0 Å². The number of nitrogens with zero attached hydrogens (tertiary/aromatic N) is 5. The molecule has 3 heterocycles. The van der Waals surface area contributed by atoms with Crippen LogP contribution in [0.3, 0.4) is 0 Å². The maximum atomic E-state index is 14.3. The zero-order valence-corrected chi connectivity index (χ0v) is 26.2. The summed E-state index contributed by atoms with van der Waals surface area (Å²) in [6.07, 6.45) is -1.31. The normalized spacial score (nSPS) is 17.8. The number of hydrogen-bond donors (Lipinski definition) is 1. The van der Waals surface area contributed by atoms with Crippen molar-refractivity contribution in [2.75, 3.05) is 16.5 Å². The van der Waals surface area contributed by atoms with Crippen LogP contribution in [0.2, 0.25) is 5.02 Å². The Labute approximate surface area is 269 Å². The topological polar surface area (TPSA) is 129 Å². The van der Waals surface area contributed by atoms with Gasteiger partial charge in [0.15, 0.2) is 22.6 Å². The lowest BCUT2D eigenvalue weighted by Crippen LogP contribution is -2.49. The summed E-state index contributed by atoms with van der Waals surface area (Å²) in [6, 6.07) is 13.8. The number of nitrogens with two attached hydrogens (primary N) is 1. The number of benzene rings is 2. The van der Waals surface area contributed by atoms with E-state index in [4.69, 9.17) is 26.6 Å². The van der Waals surface area contributed by atoms with Crippen LogP contribution in [-0.4, -0.2) is 43.1 Å². The van der Waals surface area contributed by atoms with E-state index in [9.17, 15) is 27.6 Å². The van der Waals surface area contributed by atoms with Crippen molar-refractivity contribution in [1.29, 1.82) is 0 Å². The van der Waals surface area contributed by atoms with Gasteiger partial charge in [0.1, 0.15) is 12.1 Å². The molecule has 6 rings (SSSR count). The van der Waals surface area contributed by atoms with Crippen LogP contribution in [0, 0.1) is 0 Å². The molecule has 2 N–H and O–H groups in total.